The SMILES string of the molecule is Fc1cc(Nc2ncc3ccn(CC4CCOCC4)c3n2)c(Cl)cc1N1CCN(I)CC1. The molecular weight excluding hydrogens is 546 g/mol. The highest BCUT2D eigenvalue weighted by atomic mass is 127. The summed E-state index contributed by atoms with van der Waals surface area (Å²) >= 11 is 8.81. The van der Waals surface area contributed by atoms with Crippen molar-refractivity contribution in [3.63, 3.8) is 0 Å². The molecule has 2 saturated heterocycles. The molecule has 1 N–H and O–H groups in total. The van der Waals surface area contributed by atoms with Crippen molar-refractivity contribution in [3.8, 4) is 0 Å². The van der Waals surface area contributed by atoms with Gasteiger partial charge in [0, 0.05) is 92.6 Å². The highest BCUT2D eigenvalue weighted by Gasteiger charge is 2.20. The molecule has 3 aromatic rings. The van der Waals surface area contributed by atoms with Crippen molar-refractivity contribution in [1.82, 2.24) is 17.6 Å². The minimum absolute atomic E-state index is 0.303. The first-order valence-electron chi connectivity index (χ1n) is 10.9. The van der Waals surface area contributed by atoms with E-state index in [-0.39, 0.29) is 5.82 Å². The topological polar surface area (TPSA) is 58.5 Å². The minimum atomic E-state index is -0.303. The molecule has 0 bridgehead atoms. The van der Waals surface area contributed by atoms with E-state index in [9.17, 15) is 4.39 Å². The summed E-state index contributed by atoms with van der Waals surface area (Å²) < 4.78 is 24.8. The average Bonchev–Trinajstić information content (AvgIpc) is 3.19. The molecule has 1 aromatic carbocycles. The molecule has 2 aliphatic rings. The molecule has 2 aliphatic heterocycles. The van der Waals surface area contributed by atoms with Gasteiger partial charge in [-0.25, -0.2) is 12.5 Å². The van der Waals surface area contributed by atoms with Gasteiger partial charge >= 0.3 is 0 Å². The number of halogens is 3. The Labute approximate surface area is 205 Å². The molecule has 7 nitrogen and oxygen atoms in total. The zero-order chi connectivity index (χ0) is 22.1. The molecule has 0 amide bonds. The number of fused-ring (bicyclic) bond motifs is 1. The monoisotopic (exact) mass is 570 g/mol. The van der Waals surface area contributed by atoms with Crippen molar-refractivity contribution in [3.05, 3.63) is 41.4 Å². The fourth-order valence-electron chi connectivity index (χ4n) is 4.30. The molecule has 0 saturated carbocycles. The summed E-state index contributed by atoms with van der Waals surface area (Å²) in [5.41, 5.74) is 1.85. The van der Waals surface area contributed by atoms with Crippen molar-refractivity contribution in [2.45, 2.75) is 19.4 Å². The van der Waals surface area contributed by atoms with Gasteiger partial charge < -0.3 is 19.5 Å². The van der Waals surface area contributed by atoms with E-state index >= 15 is 0 Å². The van der Waals surface area contributed by atoms with Crippen molar-refractivity contribution < 1.29 is 9.13 Å². The Morgan fingerprint density at radius 1 is 1.19 bits per heavy atom. The van der Waals surface area contributed by atoms with E-state index in [2.05, 4.69) is 47.0 Å². The summed E-state index contributed by atoms with van der Waals surface area (Å²) in [5.74, 6) is 0.677. The van der Waals surface area contributed by atoms with Crippen LogP contribution in [0.15, 0.2) is 30.6 Å². The standard InChI is InChI=1S/C22H25ClFIN6O/c23-17-11-20(29-5-7-31(25)8-6-29)18(24)12-19(17)27-22-26-13-16-1-4-30(21(16)28-22)14-15-2-9-32-10-3-15/h1,4,11-13,15H,2-3,5-10,14H2,(H,26,27,28). The smallest absolute Gasteiger partial charge is 0.229 e. The Balaban J connectivity index is 1.35. The molecule has 0 unspecified atom stereocenters. The third-order valence-electron chi connectivity index (χ3n) is 6.15. The number of anilines is 3. The molecule has 10 heteroatoms. The van der Waals surface area contributed by atoms with E-state index in [0.717, 1.165) is 69.8 Å². The third-order valence-corrected chi connectivity index (χ3v) is 7.42. The predicted molar refractivity (Wildman–Crippen MR) is 134 cm³/mol. The van der Waals surface area contributed by atoms with E-state index in [1.807, 2.05) is 11.0 Å². The Bertz CT molecular complexity index is 1100. The van der Waals surface area contributed by atoms with Gasteiger partial charge in [-0.05, 0) is 30.9 Å². The molecule has 0 atom stereocenters. The van der Waals surface area contributed by atoms with Crippen LogP contribution >= 0.6 is 34.5 Å². The van der Waals surface area contributed by atoms with Crippen LogP contribution in [0.3, 0.4) is 0 Å². The number of piperazine rings is 1. The molecular formula is C22H25ClFIN6O. The van der Waals surface area contributed by atoms with Crippen LogP contribution in [-0.4, -0.2) is 57.0 Å². The van der Waals surface area contributed by atoms with Gasteiger partial charge in [0.1, 0.15) is 11.5 Å². The van der Waals surface area contributed by atoms with Crippen molar-refractivity contribution >= 4 is 62.8 Å². The fourth-order valence-corrected chi connectivity index (χ4v) is 4.94. The second kappa shape index (κ2) is 9.66. The van der Waals surface area contributed by atoms with Crippen molar-refractivity contribution in [2.24, 2.45) is 5.92 Å². The minimum Gasteiger partial charge on any atom is -0.381 e. The molecule has 5 rings (SSSR count). The molecule has 0 spiro atoms. The van der Waals surface area contributed by atoms with Gasteiger partial charge in [-0.3, -0.25) is 0 Å². The molecule has 170 valence electrons. The summed E-state index contributed by atoms with van der Waals surface area (Å²) in [4.78, 5) is 11.1. The van der Waals surface area contributed by atoms with Crippen LogP contribution in [0.1, 0.15) is 12.8 Å². The maximum Gasteiger partial charge on any atom is 0.229 e. The summed E-state index contributed by atoms with van der Waals surface area (Å²) in [5, 5.41) is 4.53. The number of benzene rings is 1. The van der Waals surface area contributed by atoms with E-state index < -0.39 is 0 Å². The number of hydrogen-bond acceptors (Lipinski definition) is 6. The lowest BCUT2D eigenvalue weighted by atomic mass is 10.0. The lowest BCUT2D eigenvalue weighted by Gasteiger charge is -2.33. The van der Waals surface area contributed by atoms with Gasteiger partial charge in [0.15, 0.2) is 0 Å². The maximum absolute atomic E-state index is 14.9. The lowest BCUT2D eigenvalue weighted by Crippen LogP contribution is -2.42. The Hall–Kier alpha value is -1.69. The van der Waals surface area contributed by atoms with Crippen LogP contribution in [0, 0.1) is 11.7 Å². The largest absolute Gasteiger partial charge is 0.381 e. The summed E-state index contributed by atoms with van der Waals surface area (Å²) in [6.07, 6.45) is 5.96. The number of rotatable bonds is 5. The van der Waals surface area contributed by atoms with E-state index in [4.69, 9.17) is 21.3 Å². The molecule has 4 heterocycles. The molecule has 0 radical (unpaired) electrons. The maximum atomic E-state index is 14.9. The van der Waals surface area contributed by atoms with Crippen LogP contribution in [0.2, 0.25) is 5.02 Å². The third kappa shape index (κ3) is 4.80. The van der Waals surface area contributed by atoms with Gasteiger partial charge in [-0.2, -0.15) is 4.98 Å². The highest BCUT2D eigenvalue weighted by Crippen LogP contribution is 2.33. The van der Waals surface area contributed by atoms with Gasteiger partial charge in [0.25, 0.3) is 0 Å². The number of aromatic nitrogens is 3. The zero-order valence-electron chi connectivity index (χ0n) is 17.6. The van der Waals surface area contributed by atoms with E-state index in [1.165, 1.54) is 6.07 Å². The van der Waals surface area contributed by atoms with Crippen LogP contribution in [-0.2, 0) is 11.3 Å². The van der Waals surface area contributed by atoms with Crippen LogP contribution < -0.4 is 10.2 Å². The van der Waals surface area contributed by atoms with E-state index in [0.29, 0.717) is 28.3 Å². The number of nitrogens with one attached hydrogen (secondary N) is 1. The lowest BCUT2D eigenvalue weighted by molar-refractivity contribution is 0.0616. The molecule has 32 heavy (non-hydrogen) atoms. The first kappa shape index (κ1) is 22.1. The van der Waals surface area contributed by atoms with Gasteiger partial charge in [-0.15, -0.1) is 0 Å². The summed E-state index contributed by atoms with van der Waals surface area (Å²) in [6, 6.07) is 5.15. The number of nitrogens with zero attached hydrogens (tertiary/aromatic N) is 5. The quantitative estimate of drug-likeness (QED) is 0.349. The average molecular weight is 571 g/mol. The Kier molecular flexibility index (Phi) is 6.68. The first-order chi connectivity index (χ1) is 15.6. The van der Waals surface area contributed by atoms with Crippen LogP contribution in [0.4, 0.5) is 21.7 Å². The number of hydrogen-bond donors (Lipinski definition) is 1. The predicted octanol–water partition coefficient (Wildman–Crippen LogP) is 4.87. The summed E-state index contributed by atoms with van der Waals surface area (Å²) in [6.45, 7) is 5.86. The second-order valence-corrected chi connectivity index (χ2v) is 10.1. The first-order valence-corrected chi connectivity index (χ1v) is 12.2. The van der Waals surface area contributed by atoms with Gasteiger partial charge in [0.05, 0.1) is 16.4 Å². The van der Waals surface area contributed by atoms with Gasteiger partial charge in [-0.1, -0.05) is 11.6 Å². The second-order valence-electron chi connectivity index (χ2n) is 8.30. The van der Waals surface area contributed by atoms with Crippen LogP contribution in [0.25, 0.3) is 11.0 Å². The molecule has 2 aromatic heterocycles. The highest BCUT2D eigenvalue weighted by molar-refractivity contribution is 14.1. The van der Waals surface area contributed by atoms with Gasteiger partial charge in [0.2, 0.25) is 5.95 Å². The zero-order valence-corrected chi connectivity index (χ0v) is 20.5. The Morgan fingerprint density at radius 2 is 1.97 bits per heavy atom. The van der Waals surface area contributed by atoms with Crippen molar-refractivity contribution in [1.29, 1.82) is 0 Å². The summed E-state index contributed by atoms with van der Waals surface area (Å²) in [7, 11) is 0. The van der Waals surface area contributed by atoms with Crippen LogP contribution in [0.5, 0.6) is 0 Å². The molecule has 0 aliphatic carbocycles. The van der Waals surface area contributed by atoms with E-state index in [1.54, 1.807) is 12.3 Å². The van der Waals surface area contributed by atoms with Crippen molar-refractivity contribution in [2.75, 3.05) is 49.6 Å². The number of ether oxygens (including phenoxy) is 1. The normalized spacial score (nSPS) is 18.4. The Morgan fingerprint density at radius 3 is 2.75 bits per heavy atom. The molecule has 2 fully saturated rings. The fraction of sp³-hybridized carbons (Fsp3) is 0.455.